The molecule has 90 valence electrons. The van der Waals surface area contributed by atoms with Gasteiger partial charge in [0, 0.05) is 25.1 Å². The molecular weight excluding hydrogens is 240 g/mol. The number of morpholine rings is 1. The minimum atomic E-state index is 0.287. The Bertz CT molecular complexity index is 541. The molecule has 5 nitrogen and oxygen atoms in total. The van der Waals surface area contributed by atoms with Gasteiger partial charge in [-0.15, -0.1) is 0 Å². The van der Waals surface area contributed by atoms with Crippen LogP contribution in [0.4, 0.5) is 5.82 Å². The first-order chi connectivity index (χ1) is 8.25. The average molecular weight is 253 g/mol. The number of aromatic nitrogens is 3. The van der Waals surface area contributed by atoms with Gasteiger partial charge in [0.1, 0.15) is 5.15 Å². The third-order valence-electron chi connectivity index (χ3n) is 2.97. The maximum absolute atomic E-state index is 6.03. The zero-order valence-electron chi connectivity index (χ0n) is 9.51. The van der Waals surface area contributed by atoms with Crippen LogP contribution < -0.4 is 4.90 Å². The summed E-state index contributed by atoms with van der Waals surface area (Å²) in [5.74, 6) is 0.832. The molecule has 0 amide bonds. The summed E-state index contributed by atoms with van der Waals surface area (Å²) in [5, 5.41) is 0.476. The fourth-order valence-corrected chi connectivity index (χ4v) is 2.30. The second-order valence-corrected chi connectivity index (χ2v) is 4.55. The summed E-state index contributed by atoms with van der Waals surface area (Å²) in [7, 11) is 0. The highest BCUT2D eigenvalue weighted by Gasteiger charge is 2.23. The third kappa shape index (κ3) is 1.85. The van der Waals surface area contributed by atoms with Crippen LogP contribution >= 0.6 is 11.6 Å². The molecule has 1 aliphatic rings. The molecular formula is C11H13ClN4O. The maximum atomic E-state index is 6.03. The first-order valence-corrected chi connectivity index (χ1v) is 5.97. The van der Waals surface area contributed by atoms with E-state index < -0.39 is 0 Å². The van der Waals surface area contributed by atoms with E-state index in [0.717, 1.165) is 18.0 Å². The highest BCUT2D eigenvalue weighted by Crippen LogP contribution is 2.23. The monoisotopic (exact) mass is 252 g/mol. The van der Waals surface area contributed by atoms with Crippen LogP contribution in [0.3, 0.4) is 0 Å². The van der Waals surface area contributed by atoms with E-state index in [4.69, 9.17) is 16.3 Å². The minimum absolute atomic E-state index is 0.287. The second-order valence-electron chi connectivity index (χ2n) is 4.16. The van der Waals surface area contributed by atoms with Crippen molar-refractivity contribution >= 4 is 23.1 Å². The van der Waals surface area contributed by atoms with Gasteiger partial charge in [-0.25, -0.2) is 9.97 Å². The number of anilines is 1. The van der Waals surface area contributed by atoms with Crippen molar-refractivity contribution in [3.63, 3.8) is 0 Å². The third-order valence-corrected chi connectivity index (χ3v) is 3.15. The molecule has 1 atom stereocenters. The van der Waals surface area contributed by atoms with Gasteiger partial charge in [-0.1, -0.05) is 11.6 Å². The number of rotatable bonds is 1. The molecule has 2 aromatic rings. The summed E-state index contributed by atoms with van der Waals surface area (Å²) < 4.78 is 7.32. The van der Waals surface area contributed by atoms with Crippen LogP contribution in [0.15, 0.2) is 18.6 Å². The Hall–Kier alpha value is -1.33. The lowest BCUT2D eigenvalue weighted by atomic mass is 10.2. The zero-order chi connectivity index (χ0) is 11.8. The molecule has 0 bridgehead atoms. The lowest BCUT2D eigenvalue weighted by Gasteiger charge is -2.34. The Kier molecular flexibility index (Phi) is 2.64. The lowest BCUT2D eigenvalue weighted by molar-refractivity contribution is 0.0986. The first-order valence-electron chi connectivity index (χ1n) is 5.59. The van der Waals surface area contributed by atoms with Crippen LogP contribution in [0.5, 0.6) is 0 Å². The average Bonchev–Trinajstić information content (AvgIpc) is 2.76. The Morgan fingerprint density at radius 3 is 3.24 bits per heavy atom. The van der Waals surface area contributed by atoms with Crippen molar-refractivity contribution < 1.29 is 4.74 Å². The van der Waals surface area contributed by atoms with E-state index in [9.17, 15) is 0 Å². The van der Waals surface area contributed by atoms with Crippen LogP contribution in [0.1, 0.15) is 6.92 Å². The van der Waals surface area contributed by atoms with E-state index in [0.29, 0.717) is 18.4 Å². The molecule has 0 spiro atoms. The molecule has 3 heterocycles. The van der Waals surface area contributed by atoms with Crippen molar-refractivity contribution in [3.05, 3.63) is 23.7 Å². The Morgan fingerprint density at radius 1 is 1.53 bits per heavy atom. The van der Waals surface area contributed by atoms with Crippen molar-refractivity contribution in [3.8, 4) is 0 Å². The van der Waals surface area contributed by atoms with Gasteiger partial charge in [0.05, 0.1) is 19.3 Å². The van der Waals surface area contributed by atoms with Gasteiger partial charge in [0.2, 0.25) is 0 Å². The van der Waals surface area contributed by atoms with E-state index >= 15 is 0 Å². The number of fused-ring (bicyclic) bond motifs is 1. The number of halogens is 1. The molecule has 0 aromatic carbocycles. The summed E-state index contributed by atoms with van der Waals surface area (Å²) >= 11 is 6.03. The maximum Gasteiger partial charge on any atom is 0.180 e. The van der Waals surface area contributed by atoms with E-state index in [1.165, 1.54) is 0 Å². The predicted octanol–water partition coefficient (Wildman–Crippen LogP) is 1.61. The fraction of sp³-hybridized carbons (Fsp3) is 0.455. The SMILES string of the molecule is CC1COCCN1c1nc(Cl)cn2ccnc12. The molecule has 3 rings (SSSR count). The summed E-state index contributed by atoms with van der Waals surface area (Å²) in [6.45, 7) is 4.35. The highest BCUT2D eigenvalue weighted by atomic mass is 35.5. The topological polar surface area (TPSA) is 42.7 Å². The summed E-state index contributed by atoms with van der Waals surface area (Å²) in [6, 6.07) is 0.287. The molecule has 1 fully saturated rings. The van der Waals surface area contributed by atoms with Gasteiger partial charge >= 0.3 is 0 Å². The van der Waals surface area contributed by atoms with E-state index in [1.807, 2.05) is 10.6 Å². The van der Waals surface area contributed by atoms with Crippen molar-refractivity contribution in [2.24, 2.45) is 0 Å². The summed E-state index contributed by atoms with van der Waals surface area (Å²) in [5.41, 5.74) is 0.836. The largest absolute Gasteiger partial charge is 0.377 e. The molecule has 1 saturated heterocycles. The smallest absolute Gasteiger partial charge is 0.180 e. The molecule has 1 unspecified atom stereocenters. The minimum Gasteiger partial charge on any atom is -0.377 e. The van der Waals surface area contributed by atoms with E-state index in [1.54, 1.807) is 12.4 Å². The van der Waals surface area contributed by atoms with Crippen LogP contribution in [-0.4, -0.2) is 40.2 Å². The normalized spacial score (nSPS) is 21.1. The molecule has 17 heavy (non-hydrogen) atoms. The molecule has 1 aliphatic heterocycles. The van der Waals surface area contributed by atoms with Crippen LogP contribution in [0, 0.1) is 0 Å². The molecule has 2 aromatic heterocycles. The molecule has 0 N–H and O–H groups in total. The number of imidazole rings is 1. The van der Waals surface area contributed by atoms with Crippen molar-refractivity contribution in [1.82, 2.24) is 14.4 Å². The fourth-order valence-electron chi connectivity index (χ4n) is 2.12. The highest BCUT2D eigenvalue weighted by molar-refractivity contribution is 6.29. The lowest BCUT2D eigenvalue weighted by Crippen LogP contribution is -2.44. The molecule has 6 heteroatoms. The number of hydrogen-bond donors (Lipinski definition) is 0. The van der Waals surface area contributed by atoms with Crippen molar-refractivity contribution in [2.45, 2.75) is 13.0 Å². The molecule has 0 radical (unpaired) electrons. The van der Waals surface area contributed by atoms with Crippen LogP contribution in [0.2, 0.25) is 5.15 Å². The molecule has 0 saturated carbocycles. The number of nitrogens with zero attached hydrogens (tertiary/aromatic N) is 4. The van der Waals surface area contributed by atoms with Gasteiger partial charge in [-0.2, -0.15) is 0 Å². The quantitative estimate of drug-likeness (QED) is 0.773. The number of ether oxygens (including phenoxy) is 1. The van der Waals surface area contributed by atoms with Crippen molar-refractivity contribution in [1.29, 1.82) is 0 Å². The first kappa shape index (κ1) is 10.8. The van der Waals surface area contributed by atoms with Gasteiger partial charge in [-0.3, -0.25) is 0 Å². The van der Waals surface area contributed by atoms with Crippen LogP contribution in [-0.2, 0) is 4.74 Å². The van der Waals surface area contributed by atoms with E-state index in [2.05, 4.69) is 21.8 Å². The Morgan fingerprint density at radius 2 is 2.41 bits per heavy atom. The van der Waals surface area contributed by atoms with Gasteiger partial charge in [0.15, 0.2) is 11.5 Å². The van der Waals surface area contributed by atoms with Gasteiger partial charge in [-0.05, 0) is 6.92 Å². The molecule has 0 aliphatic carbocycles. The van der Waals surface area contributed by atoms with Gasteiger partial charge < -0.3 is 14.0 Å². The summed E-state index contributed by atoms with van der Waals surface area (Å²) in [4.78, 5) is 10.9. The Labute approximate surface area is 104 Å². The number of hydrogen-bond acceptors (Lipinski definition) is 4. The van der Waals surface area contributed by atoms with Gasteiger partial charge in [0.25, 0.3) is 0 Å². The summed E-state index contributed by atoms with van der Waals surface area (Å²) in [6.07, 6.45) is 5.39. The van der Waals surface area contributed by atoms with Crippen LogP contribution in [0.25, 0.3) is 5.65 Å². The predicted molar refractivity (Wildman–Crippen MR) is 65.6 cm³/mol. The second kappa shape index (κ2) is 4.16. The van der Waals surface area contributed by atoms with Crippen molar-refractivity contribution in [2.75, 3.05) is 24.7 Å². The standard InChI is InChI=1S/C11H13ClN4O/c1-8-7-17-5-4-16(8)11-10-13-2-3-15(10)6-9(12)14-11/h2-3,6,8H,4-5,7H2,1H3. The Balaban J connectivity index is 2.11. The van der Waals surface area contributed by atoms with E-state index in [-0.39, 0.29) is 6.04 Å². The zero-order valence-corrected chi connectivity index (χ0v) is 10.3.